The Labute approximate surface area is 163 Å². The lowest BCUT2D eigenvalue weighted by Gasteiger charge is -2.15. The highest BCUT2D eigenvalue weighted by Crippen LogP contribution is 2.31. The molecule has 0 aliphatic heterocycles. The Bertz CT molecular complexity index is 973. The van der Waals surface area contributed by atoms with Crippen molar-refractivity contribution in [2.24, 2.45) is 0 Å². The van der Waals surface area contributed by atoms with E-state index in [0.29, 0.717) is 28.4 Å². The Kier molecular flexibility index (Phi) is 5.91. The molecule has 142 valence electrons. The van der Waals surface area contributed by atoms with E-state index in [1.165, 1.54) is 7.11 Å². The summed E-state index contributed by atoms with van der Waals surface area (Å²) in [4.78, 5) is 24.7. The highest BCUT2D eigenvalue weighted by molar-refractivity contribution is 6.05. The summed E-state index contributed by atoms with van der Waals surface area (Å²) in [5.74, 6) is 0.227. The average molecular weight is 375 g/mol. The predicted octanol–water partition coefficient (Wildman–Crippen LogP) is 4.90. The van der Waals surface area contributed by atoms with Gasteiger partial charge in [-0.15, -0.1) is 0 Å². The fourth-order valence-electron chi connectivity index (χ4n) is 2.68. The van der Waals surface area contributed by atoms with E-state index < -0.39 is 0 Å². The number of amides is 3. The molecule has 3 aromatic carbocycles. The highest BCUT2D eigenvalue weighted by atomic mass is 16.5. The van der Waals surface area contributed by atoms with Gasteiger partial charge in [-0.3, -0.25) is 4.79 Å². The Balaban J connectivity index is 1.75. The maximum atomic E-state index is 12.4. The second-order valence-electron chi connectivity index (χ2n) is 6.13. The van der Waals surface area contributed by atoms with Crippen LogP contribution >= 0.6 is 0 Å². The number of hydrogen-bond acceptors (Lipinski definition) is 3. The summed E-state index contributed by atoms with van der Waals surface area (Å²) in [6.07, 6.45) is 0. The summed E-state index contributed by atoms with van der Waals surface area (Å²) in [6.45, 7) is 1.85. The first-order chi connectivity index (χ1) is 13.6. The van der Waals surface area contributed by atoms with Crippen molar-refractivity contribution in [3.63, 3.8) is 0 Å². The van der Waals surface area contributed by atoms with Gasteiger partial charge in [-0.1, -0.05) is 36.4 Å². The number of carbonyl (C=O) groups is 2. The van der Waals surface area contributed by atoms with Gasteiger partial charge in [0.25, 0.3) is 5.91 Å². The largest absolute Gasteiger partial charge is 0.494 e. The van der Waals surface area contributed by atoms with Gasteiger partial charge in [0.05, 0.1) is 12.8 Å². The highest BCUT2D eigenvalue weighted by Gasteiger charge is 2.13. The Hall–Kier alpha value is -3.80. The van der Waals surface area contributed by atoms with E-state index in [9.17, 15) is 9.59 Å². The number of benzene rings is 3. The van der Waals surface area contributed by atoms with Crippen LogP contribution in [0.1, 0.15) is 15.9 Å². The molecule has 0 heterocycles. The second-order valence-corrected chi connectivity index (χ2v) is 6.13. The van der Waals surface area contributed by atoms with Crippen molar-refractivity contribution in [1.29, 1.82) is 0 Å². The Morgan fingerprint density at radius 3 is 2.07 bits per heavy atom. The second kappa shape index (κ2) is 8.73. The smallest absolute Gasteiger partial charge is 0.323 e. The number of carbonyl (C=O) groups excluding carboxylic acids is 2. The fraction of sp³-hybridized carbons (Fsp3) is 0.0909. The number of nitrogens with one attached hydrogen (secondary N) is 3. The molecule has 0 unspecified atom stereocenters. The molecular weight excluding hydrogens is 354 g/mol. The first kappa shape index (κ1) is 19.0. The lowest BCUT2D eigenvalue weighted by molar-refractivity contribution is 0.102. The fourth-order valence-corrected chi connectivity index (χ4v) is 2.68. The third-order valence-electron chi connectivity index (χ3n) is 4.11. The average Bonchev–Trinajstić information content (AvgIpc) is 2.71. The van der Waals surface area contributed by atoms with Crippen molar-refractivity contribution >= 4 is 29.0 Å². The first-order valence-electron chi connectivity index (χ1n) is 8.75. The van der Waals surface area contributed by atoms with Crippen LogP contribution in [0.25, 0.3) is 0 Å². The summed E-state index contributed by atoms with van der Waals surface area (Å²) in [5, 5.41) is 8.40. The molecule has 6 nitrogen and oxygen atoms in total. The molecule has 0 fully saturated rings. The van der Waals surface area contributed by atoms with Crippen LogP contribution in [-0.2, 0) is 0 Å². The van der Waals surface area contributed by atoms with Gasteiger partial charge in [0.2, 0.25) is 0 Å². The molecule has 0 saturated heterocycles. The minimum Gasteiger partial charge on any atom is -0.494 e. The quantitative estimate of drug-likeness (QED) is 0.593. The van der Waals surface area contributed by atoms with Crippen LogP contribution in [0.2, 0.25) is 0 Å². The first-order valence-corrected chi connectivity index (χ1v) is 8.75. The van der Waals surface area contributed by atoms with Crippen molar-refractivity contribution in [1.82, 2.24) is 0 Å². The van der Waals surface area contributed by atoms with Gasteiger partial charge < -0.3 is 20.7 Å². The number of rotatable bonds is 5. The van der Waals surface area contributed by atoms with Gasteiger partial charge in [0, 0.05) is 23.0 Å². The molecule has 6 heteroatoms. The molecule has 0 spiro atoms. The van der Waals surface area contributed by atoms with E-state index in [4.69, 9.17) is 4.74 Å². The van der Waals surface area contributed by atoms with Gasteiger partial charge in [0.15, 0.2) is 0 Å². The van der Waals surface area contributed by atoms with Crippen molar-refractivity contribution < 1.29 is 14.3 Å². The topological polar surface area (TPSA) is 79.5 Å². The normalized spacial score (nSPS) is 10.1. The molecule has 28 heavy (non-hydrogen) atoms. The SMILES string of the molecule is COc1cc(NC(=O)c2ccccc2)c(C)cc1NC(=O)Nc1ccccc1. The zero-order valence-electron chi connectivity index (χ0n) is 15.7. The van der Waals surface area contributed by atoms with Gasteiger partial charge in [-0.05, 0) is 42.8 Å². The van der Waals surface area contributed by atoms with Crippen LogP contribution in [0.4, 0.5) is 21.9 Å². The van der Waals surface area contributed by atoms with Crippen molar-refractivity contribution in [2.75, 3.05) is 23.1 Å². The van der Waals surface area contributed by atoms with Crippen LogP contribution < -0.4 is 20.7 Å². The molecule has 0 radical (unpaired) electrons. The molecule has 3 N–H and O–H groups in total. The van der Waals surface area contributed by atoms with Gasteiger partial charge in [0.1, 0.15) is 5.75 Å². The minimum absolute atomic E-state index is 0.215. The van der Waals surface area contributed by atoms with Crippen LogP contribution in [0.5, 0.6) is 5.75 Å². The third-order valence-corrected chi connectivity index (χ3v) is 4.11. The third kappa shape index (κ3) is 4.67. The lowest BCUT2D eigenvalue weighted by atomic mass is 10.1. The van der Waals surface area contributed by atoms with E-state index in [0.717, 1.165) is 5.56 Å². The molecule has 0 atom stereocenters. The Morgan fingerprint density at radius 1 is 0.786 bits per heavy atom. The van der Waals surface area contributed by atoms with Gasteiger partial charge in [-0.25, -0.2) is 4.79 Å². The molecule has 0 saturated carbocycles. The molecule has 0 aromatic heterocycles. The molecule has 3 rings (SSSR count). The monoisotopic (exact) mass is 375 g/mol. The van der Waals surface area contributed by atoms with Crippen molar-refractivity contribution in [3.8, 4) is 5.75 Å². The number of para-hydroxylation sites is 1. The molecule has 0 bridgehead atoms. The zero-order valence-corrected chi connectivity index (χ0v) is 15.7. The predicted molar refractivity (Wildman–Crippen MR) is 111 cm³/mol. The number of aryl methyl sites for hydroxylation is 1. The summed E-state index contributed by atoms with van der Waals surface area (Å²) >= 11 is 0. The maximum Gasteiger partial charge on any atom is 0.323 e. The van der Waals surface area contributed by atoms with E-state index in [2.05, 4.69) is 16.0 Å². The zero-order chi connectivity index (χ0) is 19.9. The van der Waals surface area contributed by atoms with Crippen LogP contribution in [-0.4, -0.2) is 19.0 Å². The number of methoxy groups -OCH3 is 1. The van der Waals surface area contributed by atoms with Crippen LogP contribution in [0.15, 0.2) is 72.8 Å². The minimum atomic E-state index is -0.384. The summed E-state index contributed by atoms with van der Waals surface area (Å²) in [6, 6.07) is 21.1. The van der Waals surface area contributed by atoms with E-state index in [1.54, 1.807) is 48.5 Å². The van der Waals surface area contributed by atoms with E-state index in [-0.39, 0.29) is 11.9 Å². The van der Waals surface area contributed by atoms with Gasteiger partial charge in [-0.2, -0.15) is 0 Å². The van der Waals surface area contributed by atoms with Gasteiger partial charge >= 0.3 is 6.03 Å². The van der Waals surface area contributed by atoms with E-state index >= 15 is 0 Å². The van der Waals surface area contributed by atoms with Crippen LogP contribution in [0.3, 0.4) is 0 Å². The molecule has 0 aliphatic carbocycles. The van der Waals surface area contributed by atoms with Crippen molar-refractivity contribution in [3.05, 3.63) is 83.9 Å². The summed E-state index contributed by atoms with van der Waals surface area (Å²) in [7, 11) is 1.51. The van der Waals surface area contributed by atoms with Crippen molar-refractivity contribution in [2.45, 2.75) is 6.92 Å². The number of hydrogen-bond donors (Lipinski definition) is 3. The number of ether oxygens (including phenoxy) is 1. The van der Waals surface area contributed by atoms with Crippen LogP contribution in [0, 0.1) is 6.92 Å². The van der Waals surface area contributed by atoms with E-state index in [1.807, 2.05) is 31.2 Å². The number of anilines is 3. The summed E-state index contributed by atoms with van der Waals surface area (Å²) in [5.41, 5.74) is 3.15. The number of urea groups is 1. The molecule has 3 aromatic rings. The standard InChI is InChI=1S/C22H21N3O3/c1-15-13-19(25-22(27)23-17-11-7-4-8-12-17)20(28-2)14-18(15)24-21(26)16-9-5-3-6-10-16/h3-14H,1-2H3,(H,24,26)(H2,23,25,27). The Morgan fingerprint density at radius 2 is 1.43 bits per heavy atom. The molecule has 0 aliphatic rings. The lowest BCUT2D eigenvalue weighted by Crippen LogP contribution is -2.20. The maximum absolute atomic E-state index is 12.4. The molecular formula is C22H21N3O3. The summed E-state index contributed by atoms with van der Waals surface area (Å²) < 4.78 is 5.39. The molecule has 3 amide bonds.